The first kappa shape index (κ1) is 18.2. The normalized spacial score (nSPS) is 10.0. The minimum Gasteiger partial charge on any atom is -0.480 e. The lowest BCUT2D eigenvalue weighted by atomic mass is 10.4. The molecule has 8 nitrogen and oxygen atoms in total. The molecular weight excluding hydrogens is 266 g/mol. The van der Waals surface area contributed by atoms with Gasteiger partial charge in [0.15, 0.2) is 0 Å². The Kier molecular flexibility index (Phi) is 8.30. The molecule has 116 valence electrons. The van der Waals surface area contributed by atoms with Gasteiger partial charge in [-0.05, 0) is 6.92 Å². The van der Waals surface area contributed by atoms with Crippen molar-refractivity contribution in [1.82, 2.24) is 14.7 Å². The molecule has 0 aliphatic carbocycles. The van der Waals surface area contributed by atoms with Crippen molar-refractivity contribution in [2.45, 2.75) is 6.92 Å². The highest BCUT2D eigenvalue weighted by Gasteiger charge is 2.23. The highest BCUT2D eigenvalue weighted by Crippen LogP contribution is 2.01. The van der Waals surface area contributed by atoms with Gasteiger partial charge in [0, 0.05) is 34.3 Å². The number of hydrogen-bond acceptors (Lipinski definition) is 4. The van der Waals surface area contributed by atoms with Crippen molar-refractivity contribution in [3.8, 4) is 0 Å². The average Bonchev–Trinajstić information content (AvgIpc) is 2.39. The first-order valence-electron chi connectivity index (χ1n) is 6.28. The van der Waals surface area contributed by atoms with Crippen LogP contribution < -0.4 is 0 Å². The van der Waals surface area contributed by atoms with Gasteiger partial charge in [-0.15, -0.1) is 0 Å². The number of carboxylic acid groups (broad SMARTS) is 1. The Morgan fingerprint density at radius 2 is 1.70 bits per heavy atom. The summed E-state index contributed by atoms with van der Waals surface area (Å²) in [7, 11) is 4.66. The number of carbonyl (C=O) groups excluding carboxylic acids is 2. The number of ether oxygens (including phenoxy) is 1. The molecule has 0 aromatic rings. The van der Waals surface area contributed by atoms with Crippen LogP contribution in [-0.4, -0.2) is 91.7 Å². The van der Waals surface area contributed by atoms with Gasteiger partial charge >= 0.3 is 12.0 Å². The van der Waals surface area contributed by atoms with Gasteiger partial charge in [0.2, 0.25) is 5.91 Å². The zero-order valence-corrected chi connectivity index (χ0v) is 12.5. The summed E-state index contributed by atoms with van der Waals surface area (Å²) < 4.78 is 4.86. The van der Waals surface area contributed by atoms with Gasteiger partial charge in [0.05, 0.1) is 6.61 Å². The fourth-order valence-electron chi connectivity index (χ4n) is 1.43. The number of amides is 3. The predicted molar refractivity (Wildman–Crippen MR) is 72.4 cm³/mol. The van der Waals surface area contributed by atoms with Gasteiger partial charge in [-0.2, -0.15) is 0 Å². The van der Waals surface area contributed by atoms with Crippen molar-refractivity contribution < 1.29 is 24.2 Å². The SMILES string of the molecule is CCN(CC(=O)N(C)C)C(=O)N(CCOC)CC(=O)O. The Hall–Kier alpha value is -1.83. The second kappa shape index (κ2) is 9.13. The third-order valence-electron chi connectivity index (χ3n) is 2.64. The van der Waals surface area contributed by atoms with E-state index in [2.05, 4.69) is 0 Å². The molecule has 0 atom stereocenters. The quantitative estimate of drug-likeness (QED) is 0.653. The van der Waals surface area contributed by atoms with E-state index >= 15 is 0 Å². The van der Waals surface area contributed by atoms with Crippen LogP contribution in [0.3, 0.4) is 0 Å². The van der Waals surface area contributed by atoms with E-state index in [1.54, 1.807) is 21.0 Å². The molecule has 0 bridgehead atoms. The third kappa shape index (κ3) is 6.37. The van der Waals surface area contributed by atoms with Crippen LogP contribution in [0, 0.1) is 0 Å². The molecule has 1 N–H and O–H groups in total. The van der Waals surface area contributed by atoms with E-state index < -0.39 is 18.5 Å². The zero-order chi connectivity index (χ0) is 15.7. The third-order valence-corrected chi connectivity index (χ3v) is 2.64. The van der Waals surface area contributed by atoms with Gasteiger partial charge in [-0.25, -0.2) is 4.79 Å². The minimum atomic E-state index is -1.11. The standard InChI is InChI=1S/C12H23N3O5/c1-5-14(8-10(16)13(2)3)12(19)15(6-7-20-4)9-11(17)18/h5-9H2,1-4H3,(H,17,18). The number of methoxy groups -OCH3 is 1. The van der Waals surface area contributed by atoms with Gasteiger partial charge in [-0.1, -0.05) is 0 Å². The van der Waals surface area contributed by atoms with Crippen LogP contribution in [0.15, 0.2) is 0 Å². The number of rotatable bonds is 8. The van der Waals surface area contributed by atoms with Crippen LogP contribution in [0.5, 0.6) is 0 Å². The molecule has 0 heterocycles. The topological polar surface area (TPSA) is 90.4 Å². The fraction of sp³-hybridized carbons (Fsp3) is 0.750. The molecule has 20 heavy (non-hydrogen) atoms. The van der Waals surface area contributed by atoms with E-state index in [4.69, 9.17) is 9.84 Å². The minimum absolute atomic E-state index is 0.0779. The van der Waals surface area contributed by atoms with Crippen LogP contribution in [0.4, 0.5) is 4.79 Å². The fourth-order valence-corrected chi connectivity index (χ4v) is 1.43. The number of likely N-dealkylation sites (N-methyl/N-ethyl adjacent to an activating group) is 2. The van der Waals surface area contributed by atoms with E-state index in [1.807, 2.05) is 0 Å². The number of carbonyl (C=O) groups is 3. The van der Waals surface area contributed by atoms with E-state index in [1.165, 1.54) is 16.9 Å². The molecular formula is C12H23N3O5. The molecule has 0 aliphatic rings. The lowest BCUT2D eigenvalue weighted by Gasteiger charge is -2.29. The first-order valence-corrected chi connectivity index (χ1v) is 6.28. The lowest BCUT2D eigenvalue weighted by Crippen LogP contribution is -2.49. The number of nitrogens with zero attached hydrogens (tertiary/aromatic N) is 3. The van der Waals surface area contributed by atoms with Crippen molar-refractivity contribution in [3.05, 3.63) is 0 Å². The predicted octanol–water partition coefficient (Wildman–Crippen LogP) is -0.450. The van der Waals surface area contributed by atoms with Crippen molar-refractivity contribution in [3.63, 3.8) is 0 Å². The maximum atomic E-state index is 12.2. The molecule has 0 aromatic heterocycles. The Balaban J connectivity index is 4.79. The summed E-state index contributed by atoms with van der Waals surface area (Å²) in [5.74, 6) is -1.33. The summed E-state index contributed by atoms with van der Waals surface area (Å²) >= 11 is 0. The summed E-state index contributed by atoms with van der Waals surface area (Å²) in [6, 6.07) is -0.484. The number of aliphatic carboxylic acids is 1. The van der Waals surface area contributed by atoms with Crippen LogP contribution >= 0.6 is 0 Å². The highest BCUT2D eigenvalue weighted by molar-refractivity contribution is 5.85. The van der Waals surface area contributed by atoms with Crippen LogP contribution in [-0.2, 0) is 14.3 Å². The Morgan fingerprint density at radius 1 is 1.10 bits per heavy atom. The largest absolute Gasteiger partial charge is 0.480 e. The van der Waals surface area contributed by atoms with Crippen LogP contribution in [0.1, 0.15) is 6.92 Å². The molecule has 0 fully saturated rings. The van der Waals surface area contributed by atoms with Crippen LogP contribution in [0.25, 0.3) is 0 Å². The van der Waals surface area contributed by atoms with Gasteiger partial charge in [-0.3, -0.25) is 9.59 Å². The maximum Gasteiger partial charge on any atom is 0.323 e. The molecule has 0 rings (SSSR count). The Morgan fingerprint density at radius 3 is 2.10 bits per heavy atom. The number of hydrogen-bond donors (Lipinski definition) is 1. The summed E-state index contributed by atoms with van der Waals surface area (Å²) in [6.45, 7) is 1.95. The molecule has 0 aromatic carbocycles. The van der Waals surface area contributed by atoms with E-state index in [9.17, 15) is 14.4 Å². The first-order chi connectivity index (χ1) is 9.33. The Labute approximate surface area is 118 Å². The lowest BCUT2D eigenvalue weighted by molar-refractivity contribution is -0.137. The molecule has 0 aliphatic heterocycles. The average molecular weight is 289 g/mol. The van der Waals surface area contributed by atoms with Crippen molar-refractivity contribution in [2.24, 2.45) is 0 Å². The molecule has 8 heteroatoms. The van der Waals surface area contributed by atoms with Gasteiger partial charge in [0.25, 0.3) is 0 Å². The van der Waals surface area contributed by atoms with Gasteiger partial charge < -0.3 is 24.5 Å². The van der Waals surface area contributed by atoms with Crippen molar-refractivity contribution >= 4 is 17.9 Å². The van der Waals surface area contributed by atoms with E-state index in [0.29, 0.717) is 6.54 Å². The molecule has 0 saturated heterocycles. The van der Waals surface area contributed by atoms with Gasteiger partial charge in [0.1, 0.15) is 13.1 Å². The smallest absolute Gasteiger partial charge is 0.323 e. The molecule has 3 amide bonds. The summed E-state index contributed by atoms with van der Waals surface area (Å²) in [6.07, 6.45) is 0. The second-order valence-corrected chi connectivity index (χ2v) is 4.39. The Bertz CT molecular complexity index is 346. The molecule has 0 spiro atoms. The summed E-state index contributed by atoms with van der Waals surface area (Å²) in [5, 5.41) is 8.83. The summed E-state index contributed by atoms with van der Waals surface area (Å²) in [4.78, 5) is 38.5. The zero-order valence-electron chi connectivity index (χ0n) is 12.5. The maximum absolute atomic E-state index is 12.2. The summed E-state index contributed by atoms with van der Waals surface area (Å²) in [5.41, 5.74) is 0. The van der Waals surface area contributed by atoms with Crippen molar-refractivity contribution in [2.75, 3.05) is 54.0 Å². The second-order valence-electron chi connectivity index (χ2n) is 4.39. The van der Waals surface area contributed by atoms with E-state index in [0.717, 1.165) is 4.90 Å². The highest BCUT2D eigenvalue weighted by atomic mass is 16.5. The monoisotopic (exact) mass is 289 g/mol. The van der Waals surface area contributed by atoms with Crippen LogP contribution in [0.2, 0.25) is 0 Å². The number of urea groups is 1. The van der Waals surface area contributed by atoms with Crippen molar-refractivity contribution in [1.29, 1.82) is 0 Å². The molecule has 0 radical (unpaired) electrons. The van der Waals surface area contributed by atoms with E-state index in [-0.39, 0.29) is 25.6 Å². The molecule has 0 saturated carbocycles. The molecule has 0 unspecified atom stereocenters. The number of carboxylic acids is 1.